The van der Waals surface area contributed by atoms with Gasteiger partial charge >= 0.3 is 5.97 Å². The summed E-state index contributed by atoms with van der Waals surface area (Å²) in [6.45, 7) is 11.1. The quantitative estimate of drug-likeness (QED) is 0.515. The Labute approximate surface area is 201 Å². The Morgan fingerprint density at radius 1 is 1.18 bits per heavy atom. The van der Waals surface area contributed by atoms with Crippen LogP contribution in [0.3, 0.4) is 0 Å². The van der Waals surface area contributed by atoms with E-state index in [1.54, 1.807) is 18.5 Å². The molecule has 1 heterocycles. The number of esters is 1. The van der Waals surface area contributed by atoms with Crippen molar-refractivity contribution in [3.63, 3.8) is 0 Å². The number of rotatable bonds is 8. The number of benzene rings is 1. The predicted octanol–water partition coefficient (Wildman–Crippen LogP) is 5.13. The van der Waals surface area contributed by atoms with Crippen LogP contribution in [-0.4, -0.2) is 22.4 Å². The molecule has 0 aliphatic carbocycles. The lowest BCUT2D eigenvalue weighted by Crippen LogP contribution is -2.25. The first-order chi connectivity index (χ1) is 15.8. The summed E-state index contributed by atoms with van der Waals surface area (Å²) in [5.74, 6) is -4.04. The van der Waals surface area contributed by atoms with Crippen molar-refractivity contribution >= 4 is 34.8 Å². The van der Waals surface area contributed by atoms with Gasteiger partial charge < -0.3 is 10.1 Å². The number of carbonyl (C=O) groups excluding carboxylic acids is 3. The van der Waals surface area contributed by atoms with Crippen LogP contribution in [0.2, 0.25) is 0 Å². The van der Waals surface area contributed by atoms with E-state index in [4.69, 9.17) is 4.74 Å². The van der Waals surface area contributed by atoms with Gasteiger partial charge in [0, 0.05) is 23.6 Å². The molecule has 2 rings (SSSR count). The highest BCUT2D eigenvalue weighted by Crippen LogP contribution is 2.24. The molecule has 2 atom stereocenters. The van der Waals surface area contributed by atoms with Crippen LogP contribution in [0.1, 0.15) is 64.7 Å². The van der Waals surface area contributed by atoms with Gasteiger partial charge in [-0.1, -0.05) is 48.0 Å². The average Bonchev–Trinajstić information content (AvgIpc) is 3.18. The number of ether oxygens (including phenoxy) is 1. The fraction of sp³-hybridized carbons (Fsp3) is 0.500. The molecule has 1 unspecified atom stereocenters. The minimum absolute atomic E-state index is 0.0704. The zero-order valence-corrected chi connectivity index (χ0v) is 21.1. The van der Waals surface area contributed by atoms with Crippen LogP contribution < -0.4 is 10.1 Å². The van der Waals surface area contributed by atoms with Crippen molar-refractivity contribution < 1.29 is 27.9 Å². The Hall–Kier alpha value is -2.88. The lowest BCUT2D eigenvalue weighted by molar-refractivity contribution is -0.153. The molecule has 186 valence electrons. The van der Waals surface area contributed by atoms with E-state index in [0.717, 1.165) is 29.9 Å². The number of nitrogens with one attached hydrogen (secondary N) is 1. The van der Waals surface area contributed by atoms with Gasteiger partial charge in [0.05, 0.1) is 5.92 Å². The first kappa shape index (κ1) is 27.4. The van der Waals surface area contributed by atoms with E-state index in [-0.39, 0.29) is 46.7 Å². The third kappa shape index (κ3) is 7.58. The summed E-state index contributed by atoms with van der Waals surface area (Å²) in [6.07, 6.45) is 2.50. The van der Waals surface area contributed by atoms with Crippen LogP contribution in [0.25, 0.3) is 0 Å². The molecule has 1 aromatic heterocycles. The second-order valence-electron chi connectivity index (χ2n) is 9.44. The van der Waals surface area contributed by atoms with Crippen molar-refractivity contribution in [2.75, 3.05) is 5.32 Å². The highest BCUT2D eigenvalue weighted by Gasteiger charge is 2.22. The number of anilines is 1. The summed E-state index contributed by atoms with van der Waals surface area (Å²) >= 11 is 1.11. The summed E-state index contributed by atoms with van der Waals surface area (Å²) < 4.78 is 35.8. The van der Waals surface area contributed by atoms with Crippen molar-refractivity contribution in [2.24, 2.45) is 22.2 Å². The molecule has 1 N–H and O–H groups in total. The highest BCUT2D eigenvalue weighted by molar-refractivity contribution is 7.07. The molecule has 10 heteroatoms. The molecule has 7 nitrogen and oxygen atoms in total. The molecule has 2 amide bonds. The predicted molar refractivity (Wildman–Crippen MR) is 126 cm³/mol. The molecule has 0 spiro atoms. The Bertz CT molecular complexity index is 1090. The monoisotopic (exact) mass is 495 g/mol. The van der Waals surface area contributed by atoms with Crippen molar-refractivity contribution in [1.82, 2.24) is 4.57 Å². The SMILES string of the molecule is CC[C@H](C)C(C)C(=O)OCn1ccsc1=NC(=O)c1cc(F)c(NC(=O)CC(C)(C)C)c(F)c1. The zero-order valence-electron chi connectivity index (χ0n) is 20.3. The molecule has 0 bridgehead atoms. The molecule has 0 aliphatic heterocycles. The van der Waals surface area contributed by atoms with Gasteiger partial charge in [-0.05, 0) is 23.5 Å². The molecular formula is C24H31F2N3O4S. The van der Waals surface area contributed by atoms with E-state index in [1.807, 2.05) is 34.6 Å². The van der Waals surface area contributed by atoms with E-state index in [9.17, 15) is 23.2 Å². The zero-order chi connectivity index (χ0) is 25.6. The van der Waals surface area contributed by atoms with Crippen LogP contribution in [-0.2, 0) is 21.1 Å². The normalized spacial score (nSPS) is 13.9. The molecule has 0 fully saturated rings. The standard InChI is InChI=1S/C24H31F2N3O4S/c1-7-14(2)15(3)22(32)33-13-29-8-9-34-23(29)28-21(31)16-10-17(25)20(18(26)11-16)27-19(30)12-24(4,5)6/h8-11,14-15H,7,12-13H2,1-6H3,(H,27,30)/t14-,15?/m0/s1. The van der Waals surface area contributed by atoms with Gasteiger partial charge in [0.2, 0.25) is 5.91 Å². The highest BCUT2D eigenvalue weighted by atomic mass is 32.1. The summed E-state index contributed by atoms with van der Waals surface area (Å²) in [4.78, 5) is 40.9. The fourth-order valence-electron chi connectivity index (χ4n) is 2.97. The molecule has 1 aromatic carbocycles. The van der Waals surface area contributed by atoms with Gasteiger partial charge in [-0.25, -0.2) is 8.78 Å². The van der Waals surface area contributed by atoms with Crippen LogP contribution in [0, 0.1) is 28.9 Å². The Kier molecular flexibility index (Phi) is 9.26. The van der Waals surface area contributed by atoms with Crippen molar-refractivity contribution in [2.45, 2.75) is 61.1 Å². The second-order valence-corrected chi connectivity index (χ2v) is 10.3. The summed E-state index contributed by atoms with van der Waals surface area (Å²) in [5.41, 5.74) is -1.28. The number of carbonyl (C=O) groups is 3. The third-order valence-corrected chi connectivity index (χ3v) is 6.11. The topological polar surface area (TPSA) is 89.8 Å². The van der Waals surface area contributed by atoms with Crippen LogP contribution in [0.4, 0.5) is 14.5 Å². The number of amides is 2. The van der Waals surface area contributed by atoms with Gasteiger partial charge in [-0.2, -0.15) is 4.99 Å². The molecule has 2 aromatic rings. The third-order valence-electron chi connectivity index (χ3n) is 5.32. The van der Waals surface area contributed by atoms with Crippen molar-refractivity contribution in [3.8, 4) is 0 Å². The van der Waals surface area contributed by atoms with E-state index in [2.05, 4.69) is 10.3 Å². The Morgan fingerprint density at radius 2 is 1.79 bits per heavy atom. The van der Waals surface area contributed by atoms with Gasteiger partial charge in [0.25, 0.3) is 5.91 Å². The molecular weight excluding hydrogens is 464 g/mol. The fourth-order valence-corrected chi connectivity index (χ4v) is 3.68. The number of halogens is 2. The molecule has 0 aliphatic rings. The number of hydrogen-bond acceptors (Lipinski definition) is 5. The first-order valence-electron chi connectivity index (χ1n) is 11.0. The minimum atomic E-state index is -1.08. The molecule has 0 saturated heterocycles. The number of thiazole rings is 1. The van der Waals surface area contributed by atoms with Crippen LogP contribution >= 0.6 is 11.3 Å². The number of nitrogens with zero attached hydrogens (tertiary/aromatic N) is 2. The maximum Gasteiger partial charge on any atom is 0.310 e. The van der Waals surface area contributed by atoms with E-state index >= 15 is 0 Å². The smallest absolute Gasteiger partial charge is 0.310 e. The van der Waals surface area contributed by atoms with Gasteiger partial charge in [-0.3, -0.25) is 19.0 Å². The maximum absolute atomic E-state index is 14.5. The van der Waals surface area contributed by atoms with Crippen molar-refractivity contribution in [3.05, 3.63) is 45.7 Å². The maximum atomic E-state index is 14.5. The van der Waals surface area contributed by atoms with E-state index in [0.29, 0.717) is 0 Å². The summed E-state index contributed by atoms with van der Waals surface area (Å²) in [5, 5.41) is 3.87. The summed E-state index contributed by atoms with van der Waals surface area (Å²) in [7, 11) is 0. The van der Waals surface area contributed by atoms with Gasteiger partial charge in [0.1, 0.15) is 5.69 Å². The number of hydrogen-bond donors (Lipinski definition) is 1. The van der Waals surface area contributed by atoms with Gasteiger partial charge in [-0.15, -0.1) is 11.3 Å². The van der Waals surface area contributed by atoms with Gasteiger partial charge in [0.15, 0.2) is 23.2 Å². The molecule has 34 heavy (non-hydrogen) atoms. The lowest BCUT2D eigenvalue weighted by Gasteiger charge is -2.17. The Morgan fingerprint density at radius 3 is 2.35 bits per heavy atom. The van der Waals surface area contributed by atoms with Crippen molar-refractivity contribution in [1.29, 1.82) is 0 Å². The van der Waals surface area contributed by atoms with E-state index < -0.39 is 29.1 Å². The summed E-state index contributed by atoms with van der Waals surface area (Å²) in [6, 6.07) is 1.65. The largest absolute Gasteiger partial charge is 0.444 e. The Balaban J connectivity index is 2.17. The average molecular weight is 496 g/mol. The number of aromatic nitrogens is 1. The van der Waals surface area contributed by atoms with Crippen LogP contribution in [0.15, 0.2) is 28.7 Å². The molecule has 0 radical (unpaired) electrons. The lowest BCUT2D eigenvalue weighted by atomic mass is 9.92. The van der Waals surface area contributed by atoms with E-state index in [1.165, 1.54) is 4.57 Å². The molecule has 0 saturated carbocycles. The minimum Gasteiger partial charge on any atom is -0.444 e. The second kappa shape index (κ2) is 11.5. The van der Waals surface area contributed by atoms with Crippen LogP contribution in [0.5, 0.6) is 0 Å². The first-order valence-corrected chi connectivity index (χ1v) is 11.9.